The van der Waals surface area contributed by atoms with E-state index in [2.05, 4.69) is 25.3 Å². The fourth-order valence-corrected chi connectivity index (χ4v) is 7.57. The predicted octanol–water partition coefficient (Wildman–Crippen LogP) is 3.65. The van der Waals surface area contributed by atoms with Gasteiger partial charge in [-0.1, -0.05) is 0 Å². The van der Waals surface area contributed by atoms with E-state index in [4.69, 9.17) is 24.6 Å². The van der Waals surface area contributed by atoms with Crippen LogP contribution in [-0.2, 0) is 22.0 Å². The molecule has 3 N–H and O–H groups in total. The van der Waals surface area contributed by atoms with E-state index in [9.17, 15) is 8.42 Å². The maximum absolute atomic E-state index is 13.8. The molecule has 1 aromatic carbocycles. The standard InChI is InChI=1S/C27H29N7O5S/c1-15-11-20-27(4,34-25(28)26(2,3)40(20,35)36)17-12-16(5-6-19(17)39-15)32-24-23-18(7-8-30-24)33-21(13-31-23)38-14-22-29-9-10-37-22/h5-10,12-13,15,20H,11,14H2,1-4H3,(H2,28,34)(H,30,32)/t15-,20+,27+/m0/s1. The van der Waals surface area contributed by atoms with E-state index in [1.807, 2.05) is 32.0 Å². The molecule has 4 aromatic rings. The maximum atomic E-state index is 13.8. The first-order valence-corrected chi connectivity index (χ1v) is 14.3. The van der Waals surface area contributed by atoms with Gasteiger partial charge in [-0.25, -0.2) is 28.4 Å². The third kappa shape index (κ3) is 4.12. The molecule has 0 saturated heterocycles. The predicted molar refractivity (Wildman–Crippen MR) is 148 cm³/mol. The van der Waals surface area contributed by atoms with Crippen molar-refractivity contribution < 1.29 is 22.3 Å². The molecule has 0 radical (unpaired) electrons. The van der Waals surface area contributed by atoms with Crippen LogP contribution in [0.4, 0.5) is 11.5 Å². The molecule has 0 amide bonds. The summed E-state index contributed by atoms with van der Waals surface area (Å²) in [5.74, 6) is 1.85. The molecule has 0 fully saturated rings. The summed E-state index contributed by atoms with van der Waals surface area (Å²) in [7, 11) is -3.70. The van der Waals surface area contributed by atoms with Crippen molar-refractivity contribution in [2.45, 2.75) is 62.4 Å². The van der Waals surface area contributed by atoms with Gasteiger partial charge in [0, 0.05) is 23.9 Å². The number of fused-ring (bicyclic) bond motifs is 4. The van der Waals surface area contributed by atoms with Gasteiger partial charge in [0.25, 0.3) is 0 Å². The molecule has 0 aliphatic carbocycles. The molecule has 13 heteroatoms. The van der Waals surface area contributed by atoms with Crippen LogP contribution < -0.4 is 20.5 Å². The van der Waals surface area contributed by atoms with Crippen LogP contribution in [0, 0.1) is 0 Å². The Hall–Kier alpha value is -4.26. The van der Waals surface area contributed by atoms with Crippen molar-refractivity contribution in [2.75, 3.05) is 5.32 Å². The van der Waals surface area contributed by atoms with Crippen molar-refractivity contribution >= 4 is 38.2 Å². The number of nitrogens with one attached hydrogen (secondary N) is 1. The fraction of sp³-hybridized carbons (Fsp3) is 0.370. The first-order chi connectivity index (χ1) is 19.0. The highest BCUT2D eigenvalue weighted by Gasteiger charge is 2.58. The number of anilines is 2. The molecule has 0 spiro atoms. The fourth-order valence-electron chi connectivity index (χ4n) is 5.21. The maximum Gasteiger partial charge on any atom is 0.233 e. The Morgan fingerprint density at radius 3 is 2.75 bits per heavy atom. The number of rotatable bonds is 5. The lowest BCUT2D eigenvalue weighted by molar-refractivity contribution is 0.213. The summed E-state index contributed by atoms with van der Waals surface area (Å²) in [5, 5.41) is 2.48. The Bertz CT molecular complexity index is 1740. The number of sulfone groups is 1. The number of hydrogen-bond acceptors (Lipinski definition) is 12. The second kappa shape index (κ2) is 9.15. The molecule has 2 aliphatic heterocycles. The second-order valence-corrected chi connectivity index (χ2v) is 13.3. The first-order valence-electron chi connectivity index (χ1n) is 12.8. The van der Waals surface area contributed by atoms with E-state index < -0.39 is 25.4 Å². The number of hydrogen-bond donors (Lipinski definition) is 2. The van der Waals surface area contributed by atoms with Crippen LogP contribution in [0.5, 0.6) is 11.6 Å². The Labute approximate surface area is 231 Å². The summed E-state index contributed by atoms with van der Waals surface area (Å²) in [4.78, 5) is 22.3. The third-order valence-corrected chi connectivity index (χ3v) is 10.6. The lowest BCUT2D eigenvalue weighted by atomic mass is 9.85. The molecule has 3 atom stereocenters. The minimum Gasteiger partial charge on any atom is -0.490 e. The van der Waals surface area contributed by atoms with Gasteiger partial charge in [0.2, 0.25) is 11.8 Å². The van der Waals surface area contributed by atoms with Crippen molar-refractivity contribution in [1.82, 2.24) is 19.9 Å². The lowest BCUT2D eigenvalue weighted by Crippen LogP contribution is -2.60. The van der Waals surface area contributed by atoms with Crippen molar-refractivity contribution in [3.63, 3.8) is 0 Å². The Kier molecular flexibility index (Phi) is 5.95. The summed E-state index contributed by atoms with van der Waals surface area (Å²) in [6, 6.07) is 7.22. The van der Waals surface area contributed by atoms with Crippen LogP contribution in [0.25, 0.3) is 11.0 Å². The number of aliphatic imine (C=N–C) groups is 1. The monoisotopic (exact) mass is 563 g/mol. The summed E-state index contributed by atoms with van der Waals surface area (Å²) in [6.07, 6.45) is 6.08. The molecule has 5 heterocycles. The summed E-state index contributed by atoms with van der Waals surface area (Å²) >= 11 is 0. The molecule has 6 rings (SSSR count). The van der Waals surface area contributed by atoms with Gasteiger partial charge >= 0.3 is 0 Å². The Balaban J connectivity index is 1.36. The zero-order valence-electron chi connectivity index (χ0n) is 22.5. The number of pyridine rings is 1. The normalized spacial score (nSPS) is 24.6. The molecule has 0 saturated carbocycles. The highest BCUT2D eigenvalue weighted by Crippen LogP contribution is 2.49. The summed E-state index contributed by atoms with van der Waals surface area (Å²) < 4.78 is 43.3. The van der Waals surface area contributed by atoms with E-state index in [1.165, 1.54) is 12.5 Å². The molecule has 0 unspecified atom stereocenters. The molecular weight excluding hydrogens is 534 g/mol. The van der Waals surface area contributed by atoms with E-state index in [0.717, 1.165) is 0 Å². The molecule has 2 aliphatic rings. The van der Waals surface area contributed by atoms with Gasteiger partial charge in [-0.3, -0.25) is 4.99 Å². The zero-order chi connectivity index (χ0) is 28.3. The van der Waals surface area contributed by atoms with Crippen molar-refractivity contribution in [3.05, 3.63) is 60.6 Å². The van der Waals surface area contributed by atoms with Crippen LogP contribution in [0.15, 0.2) is 58.5 Å². The van der Waals surface area contributed by atoms with Gasteiger partial charge in [0.1, 0.15) is 33.7 Å². The number of aromatic nitrogens is 4. The highest BCUT2D eigenvalue weighted by molar-refractivity contribution is 7.94. The Morgan fingerprint density at radius 1 is 1.15 bits per heavy atom. The average Bonchev–Trinajstić information content (AvgIpc) is 3.40. The quantitative estimate of drug-likeness (QED) is 0.363. The van der Waals surface area contributed by atoms with E-state index in [1.54, 1.807) is 32.3 Å². The van der Waals surface area contributed by atoms with Crippen LogP contribution in [0.1, 0.15) is 45.6 Å². The molecule has 40 heavy (non-hydrogen) atoms. The molecule has 12 nitrogen and oxygen atoms in total. The van der Waals surface area contributed by atoms with E-state index in [-0.39, 0.29) is 25.0 Å². The van der Waals surface area contributed by atoms with Crippen molar-refractivity contribution in [2.24, 2.45) is 10.7 Å². The first kappa shape index (κ1) is 26.0. The smallest absolute Gasteiger partial charge is 0.233 e. The van der Waals surface area contributed by atoms with Gasteiger partial charge in [-0.05, 0) is 52.0 Å². The SMILES string of the molecule is C[C@H]1C[C@@H]2[C@](C)(N=C(N)C(C)(C)S2(=O)=O)c2cc(Nc3nccc4nc(OCc5ncco5)cnc34)ccc2O1. The van der Waals surface area contributed by atoms with E-state index in [0.29, 0.717) is 45.6 Å². The molecule has 0 bridgehead atoms. The van der Waals surface area contributed by atoms with Crippen LogP contribution in [-0.4, -0.2) is 50.3 Å². The number of oxazole rings is 1. The largest absolute Gasteiger partial charge is 0.490 e. The molecule has 3 aromatic heterocycles. The van der Waals surface area contributed by atoms with Crippen molar-refractivity contribution in [1.29, 1.82) is 0 Å². The van der Waals surface area contributed by atoms with Gasteiger partial charge in [-0.2, -0.15) is 0 Å². The highest BCUT2D eigenvalue weighted by atomic mass is 32.2. The lowest BCUT2D eigenvalue weighted by Gasteiger charge is -2.43. The van der Waals surface area contributed by atoms with Crippen LogP contribution in [0.3, 0.4) is 0 Å². The number of benzene rings is 1. The van der Waals surface area contributed by atoms with Gasteiger partial charge < -0.3 is 24.9 Å². The van der Waals surface area contributed by atoms with Crippen LogP contribution in [0.2, 0.25) is 0 Å². The number of amidine groups is 1. The van der Waals surface area contributed by atoms with Gasteiger partial charge in [0.05, 0.1) is 29.3 Å². The number of nitrogens with zero attached hydrogens (tertiary/aromatic N) is 5. The van der Waals surface area contributed by atoms with Gasteiger partial charge in [-0.15, -0.1) is 0 Å². The molecule has 208 valence electrons. The van der Waals surface area contributed by atoms with Crippen LogP contribution >= 0.6 is 0 Å². The average molecular weight is 564 g/mol. The van der Waals surface area contributed by atoms with Crippen molar-refractivity contribution in [3.8, 4) is 11.6 Å². The topological polar surface area (TPSA) is 168 Å². The number of nitrogens with two attached hydrogens (primary N) is 1. The zero-order valence-corrected chi connectivity index (χ0v) is 23.3. The number of ether oxygens (including phenoxy) is 2. The Morgan fingerprint density at radius 2 is 1.98 bits per heavy atom. The second-order valence-electron chi connectivity index (χ2n) is 10.6. The summed E-state index contributed by atoms with van der Waals surface area (Å²) in [6.45, 7) is 7.01. The minimum atomic E-state index is -3.70. The molecular formula is C27H29N7O5S. The van der Waals surface area contributed by atoms with Gasteiger partial charge in [0.15, 0.2) is 22.3 Å². The summed E-state index contributed by atoms with van der Waals surface area (Å²) in [5.41, 5.74) is 7.51. The third-order valence-electron chi connectivity index (χ3n) is 7.61. The minimum absolute atomic E-state index is 0.0805. The van der Waals surface area contributed by atoms with E-state index >= 15 is 0 Å².